The largest absolute Gasteiger partial charge is 0.469 e. The number of ketones is 1. The van der Waals surface area contributed by atoms with Gasteiger partial charge >= 0.3 is 5.97 Å². The van der Waals surface area contributed by atoms with Crippen molar-refractivity contribution in [2.45, 2.75) is 78.6 Å². The summed E-state index contributed by atoms with van der Waals surface area (Å²) in [6.45, 7) is 11.0. The van der Waals surface area contributed by atoms with Crippen molar-refractivity contribution in [1.29, 1.82) is 0 Å². The fraction of sp³-hybridized carbons (Fsp3) is 0.739. The fourth-order valence-electron chi connectivity index (χ4n) is 6.35. The zero-order valence-corrected chi connectivity index (χ0v) is 17.0. The molecule has 3 aliphatic rings. The zero-order chi connectivity index (χ0) is 19.1. The first kappa shape index (κ1) is 19.4. The molecule has 0 radical (unpaired) electrons. The van der Waals surface area contributed by atoms with Crippen molar-refractivity contribution in [2.75, 3.05) is 7.11 Å². The van der Waals surface area contributed by atoms with Crippen LogP contribution in [0.25, 0.3) is 0 Å². The molecule has 0 amide bonds. The van der Waals surface area contributed by atoms with Crippen molar-refractivity contribution in [2.24, 2.45) is 22.7 Å². The summed E-state index contributed by atoms with van der Waals surface area (Å²) in [7, 11) is 1.51. The lowest BCUT2D eigenvalue weighted by Gasteiger charge is -2.57. The van der Waals surface area contributed by atoms with Crippen LogP contribution in [0.2, 0.25) is 0 Å². The first-order valence-corrected chi connectivity index (χ1v) is 10.2. The second-order valence-corrected chi connectivity index (χ2v) is 9.31. The predicted molar refractivity (Wildman–Crippen MR) is 104 cm³/mol. The monoisotopic (exact) mass is 358 g/mol. The molecule has 0 spiro atoms. The molecule has 0 aliphatic heterocycles. The fourth-order valence-corrected chi connectivity index (χ4v) is 6.35. The summed E-state index contributed by atoms with van der Waals surface area (Å²) in [5.41, 5.74) is 3.19. The number of hydrogen-bond donors (Lipinski definition) is 0. The zero-order valence-electron chi connectivity index (χ0n) is 17.0. The molecule has 0 saturated heterocycles. The Kier molecular flexibility index (Phi) is 5.20. The average molecular weight is 359 g/mol. The number of ether oxygens (including phenoxy) is 1. The van der Waals surface area contributed by atoms with Gasteiger partial charge in [-0.2, -0.15) is 0 Å². The van der Waals surface area contributed by atoms with Gasteiger partial charge in [-0.05, 0) is 81.6 Å². The van der Waals surface area contributed by atoms with Gasteiger partial charge in [0, 0.05) is 6.42 Å². The van der Waals surface area contributed by atoms with Crippen LogP contribution in [0.15, 0.2) is 23.3 Å². The van der Waals surface area contributed by atoms with Crippen LogP contribution in [0.1, 0.15) is 78.6 Å². The Labute approximate surface area is 158 Å². The maximum atomic E-state index is 12.7. The molecule has 0 aromatic rings. The minimum atomic E-state index is -0.416. The average Bonchev–Trinajstić information content (AvgIpc) is 2.59. The molecule has 3 aliphatic carbocycles. The van der Waals surface area contributed by atoms with Crippen molar-refractivity contribution < 1.29 is 14.3 Å². The molecule has 2 saturated carbocycles. The smallest absolute Gasteiger partial charge is 0.311 e. The Morgan fingerprint density at radius 3 is 2.58 bits per heavy atom. The van der Waals surface area contributed by atoms with E-state index in [-0.39, 0.29) is 17.3 Å². The quantitative estimate of drug-likeness (QED) is 0.501. The molecule has 2 fully saturated rings. The summed E-state index contributed by atoms with van der Waals surface area (Å²) in [5.74, 6) is 0.853. The van der Waals surface area contributed by atoms with Crippen LogP contribution < -0.4 is 0 Å². The van der Waals surface area contributed by atoms with Crippen molar-refractivity contribution >= 4 is 11.8 Å². The molecule has 26 heavy (non-hydrogen) atoms. The summed E-state index contributed by atoms with van der Waals surface area (Å²) < 4.78 is 5.21. The lowest BCUT2D eigenvalue weighted by Crippen LogP contribution is -2.53. The molecule has 3 heteroatoms. The van der Waals surface area contributed by atoms with E-state index in [0.717, 1.165) is 56.9 Å². The third-order valence-electron chi connectivity index (χ3n) is 7.89. The molecule has 144 valence electrons. The molecular weight excluding hydrogens is 324 g/mol. The second kappa shape index (κ2) is 6.98. The molecule has 0 heterocycles. The standard InChI is InChI=1S/C23H34O3/c1-15-8-6-9-19(24)17(15)14-18-16(2)10-11-20-22(18,3)12-7-13-23(20,4)21(25)26-5/h18,20H,2,6-14H2,1,3-5H3/t18-,20?,22+,23-/m0/s1. The summed E-state index contributed by atoms with van der Waals surface area (Å²) in [6.07, 6.45) is 8.53. The van der Waals surface area contributed by atoms with Gasteiger partial charge in [-0.15, -0.1) is 0 Å². The third kappa shape index (κ3) is 2.97. The molecule has 1 unspecified atom stereocenters. The van der Waals surface area contributed by atoms with Crippen LogP contribution in [-0.4, -0.2) is 18.9 Å². The second-order valence-electron chi connectivity index (χ2n) is 9.31. The van der Waals surface area contributed by atoms with Crippen molar-refractivity contribution in [3.05, 3.63) is 23.3 Å². The van der Waals surface area contributed by atoms with E-state index in [1.54, 1.807) is 0 Å². The van der Waals surface area contributed by atoms with Crippen LogP contribution in [0, 0.1) is 22.7 Å². The lowest BCUT2D eigenvalue weighted by molar-refractivity contribution is -0.167. The van der Waals surface area contributed by atoms with Crippen molar-refractivity contribution in [1.82, 2.24) is 0 Å². The van der Waals surface area contributed by atoms with E-state index in [1.165, 1.54) is 18.3 Å². The van der Waals surface area contributed by atoms with E-state index in [9.17, 15) is 9.59 Å². The van der Waals surface area contributed by atoms with Gasteiger partial charge in [0.1, 0.15) is 0 Å². The molecule has 3 nitrogen and oxygen atoms in total. The van der Waals surface area contributed by atoms with Gasteiger partial charge in [0.25, 0.3) is 0 Å². The van der Waals surface area contributed by atoms with Gasteiger partial charge < -0.3 is 4.74 Å². The normalized spacial score (nSPS) is 38.2. The van der Waals surface area contributed by atoms with E-state index in [1.807, 2.05) is 0 Å². The first-order chi connectivity index (χ1) is 12.2. The van der Waals surface area contributed by atoms with E-state index in [2.05, 4.69) is 27.4 Å². The first-order valence-electron chi connectivity index (χ1n) is 10.2. The molecule has 0 N–H and O–H groups in total. The maximum Gasteiger partial charge on any atom is 0.311 e. The molecule has 0 aromatic carbocycles. The highest BCUT2D eigenvalue weighted by atomic mass is 16.5. The highest BCUT2D eigenvalue weighted by Crippen LogP contribution is 2.62. The van der Waals surface area contributed by atoms with Crippen LogP contribution in [0.4, 0.5) is 0 Å². The maximum absolute atomic E-state index is 12.7. The highest BCUT2D eigenvalue weighted by molar-refractivity contribution is 5.96. The molecule has 4 atom stereocenters. The molecular formula is C23H34O3. The van der Waals surface area contributed by atoms with Crippen LogP contribution in [-0.2, 0) is 14.3 Å². The van der Waals surface area contributed by atoms with Gasteiger partial charge in [-0.1, -0.05) is 31.1 Å². The van der Waals surface area contributed by atoms with Gasteiger partial charge in [-0.3, -0.25) is 9.59 Å². The Morgan fingerprint density at radius 2 is 1.92 bits per heavy atom. The van der Waals surface area contributed by atoms with Gasteiger partial charge in [-0.25, -0.2) is 0 Å². The number of carbonyl (C=O) groups is 2. The van der Waals surface area contributed by atoms with Crippen molar-refractivity contribution in [3.63, 3.8) is 0 Å². The number of allylic oxidation sites excluding steroid dienone is 3. The summed E-state index contributed by atoms with van der Waals surface area (Å²) in [5, 5.41) is 0. The van der Waals surface area contributed by atoms with Gasteiger partial charge in [0.2, 0.25) is 0 Å². The van der Waals surface area contributed by atoms with E-state index in [4.69, 9.17) is 4.74 Å². The van der Waals surface area contributed by atoms with Crippen LogP contribution in [0.5, 0.6) is 0 Å². The van der Waals surface area contributed by atoms with E-state index < -0.39 is 5.41 Å². The van der Waals surface area contributed by atoms with Crippen LogP contribution >= 0.6 is 0 Å². The Balaban J connectivity index is 1.96. The number of methoxy groups -OCH3 is 1. The number of Topliss-reactive ketones (excluding diaryl/α,β-unsaturated/α-hetero) is 1. The Morgan fingerprint density at radius 1 is 1.19 bits per heavy atom. The summed E-state index contributed by atoms with van der Waals surface area (Å²) in [4.78, 5) is 25.2. The topological polar surface area (TPSA) is 43.4 Å². The molecule has 3 rings (SSSR count). The van der Waals surface area contributed by atoms with Gasteiger partial charge in [0.15, 0.2) is 5.78 Å². The molecule has 0 bridgehead atoms. The molecule has 0 aromatic heterocycles. The van der Waals surface area contributed by atoms with E-state index >= 15 is 0 Å². The SMILES string of the molecule is C=C1CCC2[C@](C)(CCC[C@]2(C)C(=O)OC)[C@H]1CC1=C(C)CCCC1=O. The van der Waals surface area contributed by atoms with E-state index in [0.29, 0.717) is 18.1 Å². The number of carbonyl (C=O) groups excluding carboxylic acids is 2. The van der Waals surface area contributed by atoms with Crippen molar-refractivity contribution in [3.8, 4) is 0 Å². The Bertz CT molecular complexity index is 658. The number of hydrogen-bond acceptors (Lipinski definition) is 3. The summed E-state index contributed by atoms with van der Waals surface area (Å²) >= 11 is 0. The number of esters is 1. The minimum absolute atomic E-state index is 0.0154. The van der Waals surface area contributed by atoms with Gasteiger partial charge in [0.05, 0.1) is 12.5 Å². The Hall–Kier alpha value is -1.38. The lowest BCUT2D eigenvalue weighted by atomic mass is 9.46. The number of fused-ring (bicyclic) bond motifs is 1. The van der Waals surface area contributed by atoms with Crippen LogP contribution in [0.3, 0.4) is 0 Å². The third-order valence-corrected chi connectivity index (χ3v) is 7.89. The minimum Gasteiger partial charge on any atom is -0.469 e. The number of rotatable bonds is 3. The highest BCUT2D eigenvalue weighted by Gasteiger charge is 2.58. The predicted octanol–water partition coefficient (Wildman–Crippen LogP) is 5.40. The summed E-state index contributed by atoms with van der Waals surface area (Å²) in [6, 6.07) is 0.